The monoisotopic (exact) mass is 278 g/mol. The molecule has 0 saturated heterocycles. The number of esters is 2. The minimum absolute atomic E-state index is 0.161. The highest BCUT2D eigenvalue weighted by Crippen LogP contribution is 2.20. The van der Waals surface area contributed by atoms with Crippen molar-refractivity contribution in [3.63, 3.8) is 0 Å². The Morgan fingerprint density at radius 3 is 2.45 bits per heavy atom. The highest BCUT2D eigenvalue weighted by Gasteiger charge is 2.14. The van der Waals surface area contributed by atoms with Gasteiger partial charge in [-0.2, -0.15) is 0 Å². The summed E-state index contributed by atoms with van der Waals surface area (Å²) in [7, 11) is 0. The highest BCUT2D eigenvalue weighted by molar-refractivity contribution is 5.99. The molecular formula is C15H18O5. The molecule has 0 unspecified atom stereocenters. The second-order valence-electron chi connectivity index (χ2n) is 4.17. The van der Waals surface area contributed by atoms with Crippen LogP contribution in [0.4, 0.5) is 0 Å². The van der Waals surface area contributed by atoms with Gasteiger partial charge in [-0.3, -0.25) is 14.4 Å². The van der Waals surface area contributed by atoms with E-state index in [0.29, 0.717) is 18.6 Å². The minimum Gasteiger partial charge on any atom is -0.466 e. The maximum Gasteiger partial charge on any atom is 0.308 e. The van der Waals surface area contributed by atoms with Crippen molar-refractivity contribution in [3.05, 3.63) is 29.8 Å². The fourth-order valence-electron chi connectivity index (χ4n) is 1.70. The molecule has 0 aliphatic heterocycles. The summed E-state index contributed by atoms with van der Waals surface area (Å²) >= 11 is 0. The third-order valence-electron chi connectivity index (χ3n) is 2.53. The second kappa shape index (κ2) is 8.09. The largest absolute Gasteiger partial charge is 0.466 e. The lowest BCUT2D eigenvalue weighted by molar-refractivity contribution is -0.143. The topological polar surface area (TPSA) is 69.7 Å². The van der Waals surface area contributed by atoms with Crippen LogP contribution in [-0.2, 0) is 14.3 Å². The van der Waals surface area contributed by atoms with E-state index in [0.717, 1.165) is 0 Å². The molecule has 0 atom stereocenters. The van der Waals surface area contributed by atoms with Crippen molar-refractivity contribution in [1.82, 2.24) is 0 Å². The molecule has 0 amide bonds. The van der Waals surface area contributed by atoms with E-state index in [1.54, 1.807) is 31.2 Å². The standard InChI is InChI=1S/C15H18O5/c1-3-19-15(18)10-6-8-13(17)12-7-4-5-9-14(12)20-11(2)16/h4-5,7,9H,3,6,8,10H2,1-2H3. The first kappa shape index (κ1) is 15.9. The summed E-state index contributed by atoms with van der Waals surface area (Å²) in [4.78, 5) is 34.2. The Bertz CT molecular complexity index is 493. The van der Waals surface area contributed by atoms with E-state index in [9.17, 15) is 14.4 Å². The summed E-state index contributed by atoms with van der Waals surface area (Å²) in [6.45, 7) is 3.35. The Hall–Kier alpha value is -2.17. The van der Waals surface area contributed by atoms with Crippen LogP contribution in [0.15, 0.2) is 24.3 Å². The lowest BCUT2D eigenvalue weighted by Gasteiger charge is -2.07. The fourth-order valence-corrected chi connectivity index (χ4v) is 1.70. The summed E-state index contributed by atoms with van der Waals surface area (Å²) in [5.74, 6) is -0.697. The first-order valence-electron chi connectivity index (χ1n) is 6.50. The zero-order valence-corrected chi connectivity index (χ0v) is 11.7. The number of benzene rings is 1. The first-order valence-corrected chi connectivity index (χ1v) is 6.50. The molecule has 108 valence electrons. The van der Waals surface area contributed by atoms with Crippen molar-refractivity contribution in [3.8, 4) is 5.75 Å². The lowest BCUT2D eigenvalue weighted by Crippen LogP contribution is -2.09. The quantitative estimate of drug-likeness (QED) is 0.435. The predicted octanol–water partition coefficient (Wildman–Crippen LogP) is 2.53. The summed E-state index contributed by atoms with van der Waals surface area (Å²) in [6, 6.07) is 6.56. The summed E-state index contributed by atoms with van der Waals surface area (Å²) in [6.07, 6.45) is 0.818. The van der Waals surface area contributed by atoms with Gasteiger partial charge >= 0.3 is 11.9 Å². The molecule has 1 aromatic rings. The van der Waals surface area contributed by atoms with E-state index in [2.05, 4.69) is 0 Å². The number of ether oxygens (including phenoxy) is 2. The minimum atomic E-state index is -0.475. The molecule has 5 nitrogen and oxygen atoms in total. The van der Waals surface area contributed by atoms with Gasteiger partial charge in [-0.05, 0) is 25.5 Å². The van der Waals surface area contributed by atoms with Crippen molar-refractivity contribution in [2.45, 2.75) is 33.1 Å². The van der Waals surface area contributed by atoms with E-state index in [-0.39, 0.29) is 30.3 Å². The molecule has 0 fully saturated rings. The van der Waals surface area contributed by atoms with Gasteiger partial charge in [0.15, 0.2) is 5.78 Å². The molecule has 0 N–H and O–H groups in total. The molecule has 5 heteroatoms. The van der Waals surface area contributed by atoms with Crippen molar-refractivity contribution in [1.29, 1.82) is 0 Å². The van der Waals surface area contributed by atoms with Gasteiger partial charge in [0, 0.05) is 19.8 Å². The van der Waals surface area contributed by atoms with Gasteiger partial charge in [0.05, 0.1) is 12.2 Å². The zero-order valence-electron chi connectivity index (χ0n) is 11.7. The Balaban J connectivity index is 2.59. The van der Waals surface area contributed by atoms with E-state index in [1.807, 2.05) is 0 Å². The molecule has 1 rings (SSSR count). The molecule has 0 aromatic heterocycles. The average Bonchev–Trinajstić information content (AvgIpc) is 2.38. The van der Waals surface area contributed by atoms with Crippen LogP contribution >= 0.6 is 0 Å². The van der Waals surface area contributed by atoms with Crippen LogP contribution in [0.25, 0.3) is 0 Å². The first-order chi connectivity index (χ1) is 9.54. The molecule has 1 aromatic carbocycles. The number of rotatable bonds is 7. The molecule has 0 bridgehead atoms. The van der Waals surface area contributed by atoms with E-state index < -0.39 is 5.97 Å². The number of Topliss-reactive ketones (excluding diaryl/α,β-unsaturated/α-hetero) is 1. The summed E-state index contributed by atoms with van der Waals surface area (Å²) in [5, 5.41) is 0. The van der Waals surface area contributed by atoms with Crippen molar-refractivity contribution < 1.29 is 23.9 Å². The number of ketones is 1. The Morgan fingerprint density at radius 1 is 1.10 bits per heavy atom. The molecular weight excluding hydrogens is 260 g/mol. The number of hydrogen-bond donors (Lipinski definition) is 0. The van der Waals surface area contributed by atoms with Crippen LogP contribution in [0.3, 0.4) is 0 Å². The number of hydrogen-bond acceptors (Lipinski definition) is 5. The van der Waals surface area contributed by atoms with Crippen LogP contribution in [-0.4, -0.2) is 24.3 Å². The maximum absolute atomic E-state index is 12.0. The smallest absolute Gasteiger partial charge is 0.308 e. The Labute approximate surface area is 117 Å². The second-order valence-corrected chi connectivity index (χ2v) is 4.17. The zero-order chi connectivity index (χ0) is 15.0. The van der Waals surface area contributed by atoms with Crippen LogP contribution in [0.5, 0.6) is 5.75 Å². The number of carbonyl (C=O) groups is 3. The molecule has 0 saturated carbocycles. The van der Waals surface area contributed by atoms with E-state index in [1.165, 1.54) is 6.92 Å². The van der Waals surface area contributed by atoms with Crippen LogP contribution < -0.4 is 4.74 Å². The lowest BCUT2D eigenvalue weighted by atomic mass is 10.0. The normalized spacial score (nSPS) is 9.90. The van der Waals surface area contributed by atoms with Gasteiger partial charge in [-0.25, -0.2) is 0 Å². The van der Waals surface area contributed by atoms with Gasteiger partial charge < -0.3 is 9.47 Å². The maximum atomic E-state index is 12.0. The van der Waals surface area contributed by atoms with Gasteiger partial charge in [0.1, 0.15) is 5.75 Å². The van der Waals surface area contributed by atoms with E-state index >= 15 is 0 Å². The van der Waals surface area contributed by atoms with Gasteiger partial charge in [0.25, 0.3) is 0 Å². The molecule has 0 spiro atoms. The Morgan fingerprint density at radius 2 is 1.80 bits per heavy atom. The van der Waals surface area contributed by atoms with Gasteiger partial charge in [-0.15, -0.1) is 0 Å². The van der Waals surface area contributed by atoms with Crippen LogP contribution in [0, 0.1) is 0 Å². The predicted molar refractivity (Wildman–Crippen MR) is 72.6 cm³/mol. The van der Waals surface area contributed by atoms with Gasteiger partial charge in [0.2, 0.25) is 0 Å². The van der Waals surface area contributed by atoms with Crippen LogP contribution in [0.2, 0.25) is 0 Å². The molecule has 0 aliphatic carbocycles. The van der Waals surface area contributed by atoms with E-state index in [4.69, 9.17) is 9.47 Å². The molecule has 0 radical (unpaired) electrons. The molecule has 0 heterocycles. The average molecular weight is 278 g/mol. The summed E-state index contributed by atoms with van der Waals surface area (Å²) in [5.41, 5.74) is 0.353. The van der Waals surface area contributed by atoms with Gasteiger partial charge in [-0.1, -0.05) is 12.1 Å². The molecule has 0 aliphatic rings. The third-order valence-corrected chi connectivity index (χ3v) is 2.53. The van der Waals surface area contributed by atoms with Crippen molar-refractivity contribution in [2.75, 3.05) is 6.61 Å². The van der Waals surface area contributed by atoms with Crippen LogP contribution in [0.1, 0.15) is 43.5 Å². The highest BCUT2D eigenvalue weighted by atomic mass is 16.5. The van der Waals surface area contributed by atoms with Crippen molar-refractivity contribution >= 4 is 17.7 Å². The number of para-hydroxylation sites is 1. The summed E-state index contributed by atoms with van der Waals surface area (Å²) < 4.78 is 9.77. The molecule has 20 heavy (non-hydrogen) atoms. The third kappa shape index (κ3) is 5.22. The van der Waals surface area contributed by atoms with Crippen molar-refractivity contribution in [2.24, 2.45) is 0 Å². The number of carbonyl (C=O) groups excluding carboxylic acids is 3. The fraction of sp³-hybridized carbons (Fsp3) is 0.400. The SMILES string of the molecule is CCOC(=O)CCCC(=O)c1ccccc1OC(C)=O. The Kier molecular flexibility index (Phi) is 6.43.